The van der Waals surface area contributed by atoms with Crippen LogP contribution in [0.25, 0.3) is 11.4 Å². The van der Waals surface area contributed by atoms with Crippen molar-refractivity contribution < 1.29 is 14.3 Å². The van der Waals surface area contributed by atoms with Gasteiger partial charge in [0.05, 0.1) is 5.56 Å². The average molecular weight is 336 g/mol. The minimum Gasteiger partial charge on any atom is -0.457 e. The zero-order chi connectivity index (χ0) is 17.8. The maximum atomic E-state index is 12.2. The van der Waals surface area contributed by atoms with Crippen LogP contribution in [0, 0.1) is 6.92 Å². The molecular formula is C18H16N4O3. The Morgan fingerprint density at radius 2 is 1.88 bits per heavy atom. The molecule has 0 aliphatic rings. The summed E-state index contributed by atoms with van der Waals surface area (Å²) < 4.78 is 5.31. The van der Waals surface area contributed by atoms with Crippen LogP contribution in [0.15, 0.2) is 48.5 Å². The van der Waals surface area contributed by atoms with E-state index in [2.05, 4.69) is 15.2 Å². The molecule has 0 bridgehead atoms. The molecule has 25 heavy (non-hydrogen) atoms. The first-order valence-electron chi connectivity index (χ1n) is 7.58. The Kier molecular flexibility index (Phi) is 4.56. The van der Waals surface area contributed by atoms with Crippen molar-refractivity contribution >= 4 is 11.9 Å². The van der Waals surface area contributed by atoms with Crippen molar-refractivity contribution in [2.24, 2.45) is 5.73 Å². The number of benzene rings is 2. The van der Waals surface area contributed by atoms with Gasteiger partial charge in [-0.05, 0) is 36.8 Å². The van der Waals surface area contributed by atoms with E-state index in [0.717, 1.165) is 11.1 Å². The number of nitrogens with zero attached hydrogens (tertiary/aromatic N) is 2. The predicted molar refractivity (Wildman–Crippen MR) is 90.6 cm³/mol. The predicted octanol–water partition coefficient (Wildman–Crippen LogP) is 2.24. The zero-order valence-corrected chi connectivity index (χ0v) is 13.5. The van der Waals surface area contributed by atoms with Gasteiger partial charge in [0.25, 0.3) is 0 Å². The number of aromatic amines is 1. The molecule has 0 radical (unpaired) electrons. The molecule has 7 heteroatoms. The van der Waals surface area contributed by atoms with Gasteiger partial charge in [-0.15, -0.1) is 0 Å². The molecule has 0 spiro atoms. The van der Waals surface area contributed by atoms with Crippen LogP contribution in [0.3, 0.4) is 0 Å². The van der Waals surface area contributed by atoms with Crippen LogP contribution in [0.4, 0.5) is 0 Å². The molecule has 0 atom stereocenters. The third-order valence-corrected chi connectivity index (χ3v) is 3.56. The summed E-state index contributed by atoms with van der Waals surface area (Å²) in [5.74, 6) is 0.271. The number of carbonyl (C=O) groups excluding carboxylic acids is 2. The number of carbonyl (C=O) groups is 2. The van der Waals surface area contributed by atoms with Crippen molar-refractivity contribution in [2.45, 2.75) is 13.5 Å². The van der Waals surface area contributed by atoms with Crippen LogP contribution in [-0.4, -0.2) is 27.1 Å². The van der Waals surface area contributed by atoms with E-state index in [-0.39, 0.29) is 6.61 Å². The van der Waals surface area contributed by atoms with E-state index in [1.54, 1.807) is 49.4 Å². The molecule has 0 saturated heterocycles. The topological polar surface area (TPSA) is 111 Å². The summed E-state index contributed by atoms with van der Waals surface area (Å²) >= 11 is 0. The van der Waals surface area contributed by atoms with Crippen LogP contribution in [0.1, 0.15) is 32.1 Å². The zero-order valence-electron chi connectivity index (χ0n) is 13.5. The lowest BCUT2D eigenvalue weighted by molar-refractivity contribution is 0.0472. The van der Waals surface area contributed by atoms with Gasteiger partial charge >= 0.3 is 5.97 Å². The Balaban J connectivity index is 1.68. The number of rotatable bonds is 5. The quantitative estimate of drug-likeness (QED) is 0.694. The van der Waals surface area contributed by atoms with Gasteiger partial charge in [0.1, 0.15) is 12.4 Å². The minimum atomic E-state index is -0.498. The molecule has 126 valence electrons. The first kappa shape index (κ1) is 16.4. The maximum Gasteiger partial charge on any atom is 0.338 e. The Morgan fingerprint density at radius 1 is 1.12 bits per heavy atom. The molecule has 3 rings (SSSR count). The number of ether oxygens (including phenoxy) is 1. The van der Waals surface area contributed by atoms with Gasteiger partial charge < -0.3 is 10.5 Å². The van der Waals surface area contributed by atoms with Gasteiger partial charge in [-0.2, -0.15) is 5.10 Å². The highest BCUT2D eigenvalue weighted by Crippen LogP contribution is 2.17. The van der Waals surface area contributed by atoms with Crippen molar-refractivity contribution in [2.75, 3.05) is 0 Å². The van der Waals surface area contributed by atoms with Gasteiger partial charge in [0.2, 0.25) is 5.91 Å². The van der Waals surface area contributed by atoms with Gasteiger partial charge in [0, 0.05) is 11.1 Å². The molecule has 1 amide bonds. The van der Waals surface area contributed by atoms with Gasteiger partial charge in [0.15, 0.2) is 5.82 Å². The number of primary amides is 1. The highest BCUT2D eigenvalue weighted by atomic mass is 16.5. The van der Waals surface area contributed by atoms with E-state index in [1.165, 1.54) is 0 Å². The molecule has 0 aliphatic heterocycles. The fraction of sp³-hybridized carbons (Fsp3) is 0.111. The van der Waals surface area contributed by atoms with Gasteiger partial charge in [-0.3, -0.25) is 9.89 Å². The SMILES string of the molecule is Cc1nc(-c2cccc(C(=O)OCc3ccc(C(N)=O)cc3)c2)n[nH]1. The molecule has 0 aliphatic carbocycles. The van der Waals surface area contributed by atoms with E-state index in [9.17, 15) is 9.59 Å². The van der Waals surface area contributed by atoms with Crippen molar-refractivity contribution in [3.05, 3.63) is 71.0 Å². The van der Waals surface area contributed by atoms with Crippen LogP contribution >= 0.6 is 0 Å². The molecular weight excluding hydrogens is 320 g/mol. The molecule has 0 fully saturated rings. The van der Waals surface area contributed by atoms with Crippen molar-refractivity contribution in [1.29, 1.82) is 0 Å². The Morgan fingerprint density at radius 3 is 2.52 bits per heavy atom. The summed E-state index contributed by atoms with van der Waals surface area (Å²) in [6.07, 6.45) is 0. The molecule has 0 unspecified atom stereocenters. The van der Waals surface area contributed by atoms with E-state index in [4.69, 9.17) is 10.5 Å². The van der Waals surface area contributed by atoms with Crippen molar-refractivity contribution in [1.82, 2.24) is 15.2 Å². The normalized spacial score (nSPS) is 10.4. The summed E-state index contributed by atoms with van der Waals surface area (Å²) in [5.41, 5.74) is 7.50. The summed E-state index contributed by atoms with van der Waals surface area (Å²) in [6, 6.07) is 13.5. The summed E-state index contributed by atoms with van der Waals surface area (Å²) in [6.45, 7) is 1.90. The summed E-state index contributed by atoms with van der Waals surface area (Å²) in [4.78, 5) is 27.5. The number of esters is 1. The number of H-pyrrole nitrogens is 1. The molecule has 7 nitrogen and oxygen atoms in total. The lowest BCUT2D eigenvalue weighted by Gasteiger charge is -2.06. The van der Waals surface area contributed by atoms with E-state index in [0.29, 0.717) is 22.8 Å². The third-order valence-electron chi connectivity index (χ3n) is 3.56. The summed E-state index contributed by atoms with van der Waals surface area (Å²) in [7, 11) is 0. The monoisotopic (exact) mass is 336 g/mol. The number of aromatic nitrogens is 3. The van der Waals surface area contributed by atoms with Crippen LogP contribution in [-0.2, 0) is 11.3 Å². The smallest absolute Gasteiger partial charge is 0.338 e. The molecule has 0 saturated carbocycles. The number of nitrogens with one attached hydrogen (secondary N) is 1. The standard InChI is InChI=1S/C18H16N4O3/c1-11-20-17(22-21-11)14-3-2-4-15(9-14)18(24)25-10-12-5-7-13(8-6-12)16(19)23/h2-9H,10H2,1H3,(H2,19,23)(H,20,21,22). The van der Waals surface area contributed by atoms with Crippen molar-refractivity contribution in [3.63, 3.8) is 0 Å². The van der Waals surface area contributed by atoms with Crippen molar-refractivity contribution in [3.8, 4) is 11.4 Å². The second kappa shape index (κ2) is 6.96. The minimum absolute atomic E-state index is 0.0991. The number of amides is 1. The Hall–Kier alpha value is -3.48. The van der Waals surface area contributed by atoms with E-state index in [1.807, 2.05) is 6.07 Å². The average Bonchev–Trinajstić information content (AvgIpc) is 3.06. The maximum absolute atomic E-state index is 12.2. The van der Waals surface area contributed by atoms with Crippen LogP contribution in [0.5, 0.6) is 0 Å². The number of aryl methyl sites for hydroxylation is 1. The molecule has 1 aromatic heterocycles. The largest absolute Gasteiger partial charge is 0.457 e. The molecule has 3 N–H and O–H groups in total. The lowest BCUT2D eigenvalue weighted by Crippen LogP contribution is -2.11. The second-order valence-corrected chi connectivity index (χ2v) is 5.46. The first-order chi connectivity index (χ1) is 12.0. The Labute approximate surface area is 143 Å². The third kappa shape index (κ3) is 3.89. The second-order valence-electron chi connectivity index (χ2n) is 5.46. The van der Waals surface area contributed by atoms with Gasteiger partial charge in [-0.25, -0.2) is 9.78 Å². The fourth-order valence-electron chi connectivity index (χ4n) is 2.25. The van der Waals surface area contributed by atoms with Crippen LogP contribution in [0.2, 0.25) is 0 Å². The summed E-state index contributed by atoms with van der Waals surface area (Å²) in [5, 5.41) is 6.84. The highest BCUT2D eigenvalue weighted by molar-refractivity contribution is 5.92. The Bertz CT molecular complexity index is 916. The van der Waals surface area contributed by atoms with Gasteiger partial charge in [-0.1, -0.05) is 24.3 Å². The number of hydrogen-bond donors (Lipinski definition) is 2. The highest BCUT2D eigenvalue weighted by Gasteiger charge is 2.11. The lowest BCUT2D eigenvalue weighted by atomic mass is 10.1. The van der Waals surface area contributed by atoms with E-state index < -0.39 is 11.9 Å². The van der Waals surface area contributed by atoms with E-state index >= 15 is 0 Å². The molecule has 2 aromatic carbocycles. The van der Waals surface area contributed by atoms with Crippen LogP contribution < -0.4 is 5.73 Å². The fourth-order valence-corrected chi connectivity index (χ4v) is 2.25. The molecule has 1 heterocycles. The first-order valence-corrected chi connectivity index (χ1v) is 7.58. The number of nitrogens with two attached hydrogens (primary N) is 1. The molecule has 3 aromatic rings. The number of hydrogen-bond acceptors (Lipinski definition) is 5.